The summed E-state index contributed by atoms with van der Waals surface area (Å²) in [5, 5.41) is 2.84. The van der Waals surface area contributed by atoms with Crippen LogP contribution in [0.4, 0.5) is 10.1 Å². The van der Waals surface area contributed by atoms with Gasteiger partial charge in [-0.05, 0) is 48.4 Å². The van der Waals surface area contributed by atoms with Gasteiger partial charge in [-0.1, -0.05) is 12.1 Å². The van der Waals surface area contributed by atoms with Gasteiger partial charge in [0.05, 0.1) is 13.0 Å². The molecule has 1 unspecified atom stereocenters. The first-order valence-corrected chi connectivity index (χ1v) is 8.52. The predicted octanol–water partition coefficient (Wildman–Crippen LogP) is 2.86. The van der Waals surface area contributed by atoms with E-state index in [2.05, 4.69) is 5.32 Å². The largest absolute Gasteiger partial charge is 0.497 e. The second kappa shape index (κ2) is 7.99. The fourth-order valence-corrected chi connectivity index (χ4v) is 3.00. The molecule has 1 aliphatic heterocycles. The maximum absolute atomic E-state index is 12.9. The van der Waals surface area contributed by atoms with Crippen LogP contribution in [0.2, 0.25) is 0 Å². The number of benzene rings is 2. The van der Waals surface area contributed by atoms with Crippen LogP contribution < -0.4 is 10.1 Å². The van der Waals surface area contributed by atoms with Crippen molar-refractivity contribution >= 4 is 17.5 Å². The lowest BCUT2D eigenvalue weighted by Crippen LogP contribution is -2.30. The lowest BCUT2D eigenvalue weighted by Gasteiger charge is -2.16. The van der Waals surface area contributed by atoms with Gasteiger partial charge in [-0.2, -0.15) is 0 Å². The first-order chi connectivity index (χ1) is 12.5. The van der Waals surface area contributed by atoms with E-state index in [0.717, 1.165) is 5.56 Å². The first-order valence-electron chi connectivity index (χ1n) is 8.52. The van der Waals surface area contributed by atoms with E-state index in [1.807, 2.05) is 0 Å². The number of hydrogen-bond acceptors (Lipinski definition) is 3. The summed E-state index contributed by atoms with van der Waals surface area (Å²) in [5.74, 6) is -0.111. The number of halogens is 1. The molecule has 1 N–H and O–H groups in total. The zero-order chi connectivity index (χ0) is 18.5. The molecule has 1 aliphatic rings. The van der Waals surface area contributed by atoms with E-state index in [0.29, 0.717) is 30.9 Å². The van der Waals surface area contributed by atoms with E-state index < -0.39 is 0 Å². The summed E-state index contributed by atoms with van der Waals surface area (Å²) in [4.78, 5) is 26.3. The summed E-state index contributed by atoms with van der Waals surface area (Å²) in [6.07, 6.45) is 0.851. The molecule has 2 amide bonds. The number of amides is 2. The van der Waals surface area contributed by atoms with Gasteiger partial charge >= 0.3 is 0 Å². The second-order valence-corrected chi connectivity index (χ2v) is 6.34. The third-order valence-electron chi connectivity index (χ3n) is 4.53. The molecule has 0 aliphatic carbocycles. The van der Waals surface area contributed by atoms with Crippen molar-refractivity contribution in [2.75, 3.05) is 25.5 Å². The molecule has 2 aromatic rings. The Morgan fingerprint density at radius 1 is 1.19 bits per heavy atom. The van der Waals surface area contributed by atoms with Crippen LogP contribution in [0, 0.1) is 11.7 Å². The molecule has 1 atom stereocenters. The SMILES string of the molecule is COc1ccc(NC(=O)C2CC(=O)N(CCc3ccc(F)cc3)C2)cc1. The minimum atomic E-state index is -0.363. The number of nitrogens with zero attached hydrogens (tertiary/aromatic N) is 1. The lowest BCUT2D eigenvalue weighted by atomic mass is 10.1. The van der Waals surface area contributed by atoms with Crippen molar-refractivity contribution in [1.29, 1.82) is 0 Å². The highest BCUT2D eigenvalue weighted by Crippen LogP contribution is 2.21. The summed E-state index contributed by atoms with van der Waals surface area (Å²) in [7, 11) is 1.58. The van der Waals surface area contributed by atoms with Gasteiger partial charge in [-0.25, -0.2) is 4.39 Å². The van der Waals surface area contributed by atoms with Crippen LogP contribution in [-0.2, 0) is 16.0 Å². The van der Waals surface area contributed by atoms with Crippen LogP contribution >= 0.6 is 0 Å². The fourth-order valence-electron chi connectivity index (χ4n) is 3.00. The Morgan fingerprint density at radius 2 is 1.88 bits per heavy atom. The molecule has 1 saturated heterocycles. The Bertz CT molecular complexity index is 775. The van der Waals surface area contributed by atoms with Crippen LogP contribution in [0.5, 0.6) is 5.75 Å². The molecule has 136 valence electrons. The van der Waals surface area contributed by atoms with Gasteiger partial charge in [0.25, 0.3) is 0 Å². The monoisotopic (exact) mass is 356 g/mol. The molecular weight excluding hydrogens is 335 g/mol. The summed E-state index contributed by atoms with van der Waals surface area (Å²) in [5.41, 5.74) is 1.64. The Labute approximate surface area is 151 Å². The highest BCUT2D eigenvalue weighted by Gasteiger charge is 2.33. The average Bonchev–Trinajstić information content (AvgIpc) is 3.03. The zero-order valence-corrected chi connectivity index (χ0v) is 14.6. The minimum absolute atomic E-state index is 0.0259. The number of carbonyl (C=O) groups excluding carboxylic acids is 2. The molecule has 3 rings (SSSR count). The standard InChI is InChI=1S/C20H21FN2O3/c1-26-18-8-6-17(7-9-18)22-20(25)15-12-19(24)23(13-15)11-10-14-2-4-16(21)5-3-14/h2-9,15H,10-13H2,1H3,(H,22,25). The third kappa shape index (κ3) is 4.39. The number of rotatable bonds is 6. The molecule has 5 nitrogen and oxygen atoms in total. The van der Waals surface area contributed by atoms with E-state index >= 15 is 0 Å². The van der Waals surface area contributed by atoms with Crippen molar-refractivity contribution in [2.24, 2.45) is 5.92 Å². The van der Waals surface area contributed by atoms with Crippen LogP contribution in [-0.4, -0.2) is 36.9 Å². The Hall–Kier alpha value is -2.89. The molecule has 0 spiro atoms. The highest BCUT2D eigenvalue weighted by molar-refractivity contribution is 5.97. The Morgan fingerprint density at radius 3 is 2.54 bits per heavy atom. The summed E-state index contributed by atoms with van der Waals surface area (Å²) in [6, 6.07) is 13.3. The number of ether oxygens (including phenoxy) is 1. The molecule has 6 heteroatoms. The smallest absolute Gasteiger partial charge is 0.229 e. The Balaban J connectivity index is 1.52. The van der Waals surface area contributed by atoms with Crippen molar-refractivity contribution in [3.8, 4) is 5.75 Å². The minimum Gasteiger partial charge on any atom is -0.497 e. The molecule has 0 aromatic heterocycles. The molecule has 1 fully saturated rings. The zero-order valence-electron chi connectivity index (χ0n) is 14.6. The van der Waals surface area contributed by atoms with Gasteiger partial charge in [0, 0.05) is 25.2 Å². The average molecular weight is 356 g/mol. The van der Waals surface area contributed by atoms with Crippen LogP contribution in [0.25, 0.3) is 0 Å². The van der Waals surface area contributed by atoms with Crippen molar-refractivity contribution < 1.29 is 18.7 Å². The maximum atomic E-state index is 12.9. The lowest BCUT2D eigenvalue weighted by molar-refractivity contribution is -0.128. The van der Waals surface area contributed by atoms with Crippen molar-refractivity contribution in [3.63, 3.8) is 0 Å². The summed E-state index contributed by atoms with van der Waals surface area (Å²) in [6.45, 7) is 0.929. The molecule has 0 bridgehead atoms. The van der Waals surface area contributed by atoms with Gasteiger partial charge in [0.1, 0.15) is 11.6 Å². The number of nitrogens with one attached hydrogen (secondary N) is 1. The van der Waals surface area contributed by atoms with E-state index in [-0.39, 0.29) is 30.0 Å². The normalized spacial score (nSPS) is 16.6. The third-order valence-corrected chi connectivity index (χ3v) is 4.53. The molecule has 2 aromatic carbocycles. The second-order valence-electron chi connectivity index (χ2n) is 6.34. The van der Waals surface area contributed by atoms with Crippen molar-refractivity contribution in [1.82, 2.24) is 4.90 Å². The Kier molecular flexibility index (Phi) is 5.51. The number of hydrogen-bond donors (Lipinski definition) is 1. The van der Waals surface area contributed by atoms with E-state index in [1.165, 1.54) is 12.1 Å². The number of carbonyl (C=O) groups is 2. The molecule has 0 radical (unpaired) electrons. The molecule has 26 heavy (non-hydrogen) atoms. The number of methoxy groups -OCH3 is 1. The first kappa shape index (κ1) is 17.9. The van der Waals surface area contributed by atoms with Crippen LogP contribution in [0.1, 0.15) is 12.0 Å². The maximum Gasteiger partial charge on any atom is 0.229 e. The quantitative estimate of drug-likeness (QED) is 0.866. The molecule has 0 saturated carbocycles. The van der Waals surface area contributed by atoms with Gasteiger partial charge in [-0.3, -0.25) is 9.59 Å². The van der Waals surface area contributed by atoms with Gasteiger partial charge in [0.15, 0.2) is 0 Å². The molecular formula is C20H21FN2O3. The number of anilines is 1. The summed E-state index contributed by atoms with van der Waals surface area (Å²) >= 11 is 0. The highest BCUT2D eigenvalue weighted by atomic mass is 19.1. The van der Waals surface area contributed by atoms with Crippen molar-refractivity contribution in [2.45, 2.75) is 12.8 Å². The van der Waals surface area contributed by atoms with E-state index in [4.69, 9.17) is 4.74 Å². The van der Waals surface area contributed by atoms with E-state index in [9.17, 15) is 14.0 Å². The van der Waals surface area contributed by atoms with Gasteiger partial charge in [-0.15, -0.1) is 0 Å². The number of likely N-dealkylation sites (tertiary alicyclic amines) is 1. The van der Waals surface area contributed by atoms with Crippen molar-refractivity contribution in [3.05, 3.63) is 59.9 Å². The topological polar surface area (TPSA) is 58.6 Å². The predicted molar refractivity (Wildman–Crippen MR) is 96.4 cm³/mol. The van der Waals surface area contributed by atoms with Gasteiger partial charge in [0.2, 0.25) is 11.8 Å². The van der Waals surface area contributed by atoms with Crippen LogP contribution in [0.15, 0.2) is 48.5 Å². The van der Waals surface area contributed by atoms with Gasteiger partial charge < -0.3 is 15.0 Å². The fraction of sp³-hybridized carbons (Fsp3) is 0.300. The molecule has 1 heterocycles. The van der Waals surface area contributed by atoms with Crippen LogP contribution in [0.3, 0.4) is 0 Å². The van der Waals surface area contributed by atoms with E-state index in [1.54, 1.807) is 48.4 Å². The summed E-state index contributed by atoms with van der Waals surface area (Å²) < 4.78 is 18.0.